The number of nitrogens with one attached hydrogen (secondary N) is 1. The van der Waals surface area contributed by atoms with Crippen LogP contribution in [0.4, 0.5) is 5.82 Å². The predicted molar refractivity (Wildman–Crippen MR) is 105 cm³/mol. The number of fused-ring (bicyclic) bond motifs is 1. The zero-order chi connectivity index (χ0) is 18.2. The van der Waals surface area contributed by atoms with Crippen LogP contribution in [0.5, 0.6) is 5.75 Å². The van der Waals surface area contributed by atoms with Crippen molar-refractivity contribution >= 4 is 16.7 Å². The first-order chi connectivity index (χ1) is 13.3. The van der Waals surface area contributed by atoms with E-state index >= 15 is 0 Å². The van der Waals surface area contributed by atoms with E-state index in [2.05, 4.69) is 36.0 Å². The van der Waals surface area contributed by atoms with E-state index < -0.39 is 0 Å². The standard InChI is InChI=1S/C20H24N6O/c1-2-27-15-5-6-17-16(11-15)20(24-23-17)18-12-19(22-13-21-18)26-9-7-25(8-10-26)14-3-4-14/h5-6,11-14H,2-4,7-10H2,1H3,(H,23,24). The van der Waals surface area contributed by atoms with Crippen molar-refractivity contribution in [2.75, 3.05) is 37.7 Å². The second kappa shape index (κ2) is 6.81. The Bertz CT molecular complexity index is 943. The summed E-state index contributed by atoms with van der Waals surface area (Å²) in [6, 6.07) is 8.86. The molecule has 0 unspecified atom stereocenters. The van der Waals surface area contributed by atoms with Crippen LogP contribution in [0, 0.1) is 0 Å². The van der Waals surface area contributed by atoms with Crippen LogP contribution in [-0.4, -0.2) is 63.9 Å². The Kier molecular flexibility index (Phi) is 4.16. The summed E-state index contributed by atoms with van der Waals surface area (Å²) < 4.78 is 5.64. The van der Waals surface area contributed by atoms with Crippen molar-refractivity contribution in [2.24, 2.45) is 0 Å². The number of rotatable bonds is 5. The van der Waals surface area contributed by atoms with E-state index in [9.17, 15) is 0 Å². The number of hydrogen-bond acceptors (Lipinski definition) is 6. The fourth-order valence-electron chi connectivity index (χ4n) is 3.85. The van der Waals surface area contributed by atoms with Crippen LogP contribution in [0.2, 0.25) is 0 Å². The molecule has 2 fully saturated rings. The molecule has 3 aromatic rings. The molecule has 0 spiro atoms. The maximum absolute atomic E-state index is 5.64. The molecule has 0 bridgehead atoms. The number of aromatic amines is 1. The van der Waals surface area contributed by atoms with Gasteiger partial charge in [0.25, 0.3) is 0 Å². The highest BCUT2D eigenvalue weighted by atomic mass is 16.5. The Labute approximate surface area is 158 Å². The van der Waals surface area contributed by atoms with E-state index in [0.29, 0.717) is 6.61 Å². The third-order valence-corrected chi connectivity index (χ3v) is 5.44. The summed E-state index contributed by atoms with van der Waals surface area (Å²) >= 11 is 0. The minimum absolute atomic E-state index is 0.642. The lowest BCUT2D eigenvalue weighted by atomic mass is 10.1. The van der Waals surface area contributed by atoms with Crippen molar-refractivity contribution in [1.82, 2.24) is 25.1 Å². The van der Waals surface area contributed by atoms with Gasteiger partial charge in [-0.25, -0.2) is 9.97 Å². The monoisotopic (exact) mass is 364 g/mol. The first-order valence-electron chi connectivity index (χ1n) is 9.74. The molecule has 0 radical (unpaired) electrons. The Morgan fingerprint density at radius 1 is 1.11 bits per heavy atom. The SMILES string of the molecule is CCOc1ccc2[nH]nc(-c3cc(N4CCN(C5CC5)CC4)ncn3)c2c1. The average molecular weight is 364 g/mol. The van der Waals surface area contributed by atoms with Crippen LogP contribution in [0.25, 0.3) is 22.3 Å². The highest BCUT2D eigenvalue weighted by Gasteiger charge is 2.31. The summed E-state index contributed by atoms with van der Waals surface area (Å²) in [6.45, 7) is 6.90. The van der Waals surface area contributed by atoms with E-state index in [4.69, 9.17) is 4.74 Å². The van der Waals surface area contributed by atoms with E-state index in [1.54, 1.807) is 6.33 Å². The minimum atomic E-state index is 0.642. The quantitative estimate of drug-likeness (QED) is 0.751. The Hall–Kier alpha value is -2.67. The number of H-pyrrole nitrogens is 1. The molecule has 1 saturated carbocycles. The molecule has 7 heteroatoms. The van der Waals surface area contributed by atoms with Gasteiger partial charge in [0, 0.05) is 43.7 Å². The lowest BCUT2D eigenvalue weighted by Crippen LogP contribution is -2.47. The van der Waals surface area contributed by atoms with Gasteiger partial charge in [0.2, 0.25) is 0 Å². The summed E-state index contributed by atoms with van der Waals surface area (Å²) in [5, 5.41) is 8.61. The van der Waals surface area contributed by atoms with Crippen LogP contribution < -0.4 is 9.64 Å². The van der Waals surface area contributed by atoms with Crippen molar-refractivity contribution < 1.29 is 4.74 Å². The van der Waals surface area contributed by atoms with E-state index in [-0.39, 0.29) is 0 Å². The van der Waals surface area contributed by atoms with Gasteiger partial charge < -0.3 is 9.64 Å². The molecule has 2 aromatic heterocycles. The lowest BCUT2D eigenvalue weighted by molar-refractivity contribution is 0.247. The van der Waals surface area contributed by atoms with Crippen molar-refractivity contribution in [3.8, 4) is 17.1 Å². The molecule has 5 rings (SSSR count). The second-order valence-corrected chi connectivity index (χ2v) is 7.23. The van der Waals surface area contributed by atoms with Gasteiger partial charge in [-0.1, -0.05) is 0 Å². The van der Waals surface area contributed by atoms with Crippen LogP contribution in [0.15, 0.2) is 30.6 Å². The van der Waals surface area contributed by atoms with Gasteiger partial charge in [-0.15, -0.1) is 0 Å². The predicted octanol–water partition coefficient (Wildman–Crippen LogP) is 2.70. The topological polar surface area (TPSA) is 70.2 Å². The maximum atomic E-state index is 5.64. The van der Waals surface area contributed by atoms with Gasteiger partial charge >= 0.3 is 0 Å². The first kappa shape index (κ1) is 16.5. The third kappa shape index (κ3) is 3.23. The van der Waals surface area contributed by atoms with Gasteiger partial charge in [0.1, 0.15) is 23.6 Å². The fraction of sp³-hybridized carbons (Fsp3) is 0.450. The molecule has 1 aliphatic heterocycles. The van der Waals surface area contributed by atoms with Crippen molar-refractivity contribution in [3.63, 3.8) is 0 Å². The molecular formula is C20H24N6O. The zero-order valence-electron chi connectivity index (χ0n) is 15.6. The molecule has 2 aliphatic rings. The zero-order valence-corrected chi connectivity index (χ0v) is 15.6. The molecule has 1 N–H and O–H groups in total. The Morgan fingerprint density at radius 3 is 2.74 bits per heavy atom. The van der Waals surface area contributed by atoms with E-state index in [1.165, 1.54) is 12.8 Å². The summed E-state index contributed by atoms with van der Waals surface area (Å²) in [5.74, 6) is 1.82. The molecule has 140 valence electrons. The Balaban J connectivity index is 1.42. The molecule has 27 heavy (non-hydrogen) atoms. The van der Waals surface area contributed by atoms with Crippen molar-refractivity contribution in [2.45, 2.75) is 25.8 Å². The van der Waals surface area contributed by atoms with Crippen LogP contribution in [0.1, 0.15) is 19.8 Å². The smallest absolute Gasteiger partial charge is 0.132 e. The van der Waals surface area contributed by atoms with E-state index in [1.807, 2.05) is 25.1 Å². The number of piperazine rings is 1. The molecule has 1 aliphatic carbocycles. The summed E-state index contributed by atoms with van der Waals surface area (Å²) in [5.41, 5.74) is 2.66. The Morgan fingerprint density at radius 2 is 1.96 bits per heavy atom. The fourth-order valence-corrected chi connectivity index (χ4v) is 3.85. The number of hydrogen-bond donors (Lipinski definition) is 1. The number of aromatic nitrogens is 4. The number of nitrogens with zero attached hydrogens (tertiary/aromatic N) is 5. The van der Waals surface area contributed by atoms with Gasteiger partial charge in [0.15, 0.2) is 0 Å². The molecule has 0 atom stereocenters. The highest BCUT2D eigenvalue weighted by molar-refractivity contribution is 5.93. The number of benzene rings is 1. The molecule has 1 aromatic carbocycles. The normalized spacial score (nSPS) is 18.2. The summed E-state index contributed by atoms with van der Waals surface area (Å²) in [6.07, 6.45) is 4.38. The molecule has 7 nitrogen and oxygen atoms in total. The summed E-state index contributed by atoms with van der Waals surface area (Å²) in [7, 11) is 0. The number of ether oxygens (including phenoxy) is 1. The lowest BCUT2D eigenvalue weighted by Gasteiger charge is -2.35. The summed E-state index contributed by atoms with van der Waals surface area (Å²) in [4.78, 5) is 14.0. The minimum Gasteiger partial charge on any atom is -0.494 e. The first-order valence-corrected chi connectivity index (χ1v) is 9.74. The van der Waals surface area contributed by atoms with Gasteiger partial charge in [-0.2, -0.15) is 5.10 Å². The van der Waals surface area contributed by atoms with E-state index in [0.717, 1.165) is 66.1 Å². The van der Waals surface area contributed by atoms with Crippen LogP contribution in [0.3, 0.4) is 0 Å². The van der Waals surface area contributed by atoms with Crippen LogP contribution in [-0.2, 0) is 0 Å². The average Bonchev–Trinajstić information content (AvgIpc) is 3.48. The second-order valence-electron chi connectivity index (χ2n) is 7.23. The van der Waals surface area contributed by atoms with Gasteiger partial charge in [-0.05, 0) is 38.0 Å². The van der Waals surface area contributed by atoms with Crippen molar-refractivity contribution in [3.05, 3.63) is 30.6 Å². The molecule has 0 amide bonds. The van der Waals surface area contributed by atoms with Crippen LogP contribution >= 0.6 is 0 Å². The molecule has 3 heterocycles. The van der Waals surface area contributed by atoms with Gasteiger partial charge in [0.05, 0.1) is 17.8 Å². The maximum Gasteiger partial charge on any atom is 0.132 e. The largest absolute Gasteiger partial charge is 0.494 e. The molecule has 1 saturated heterocycles. The highest BCUT2D eigenvalue weighted by Crippen LogP contribution is 2.31. The van der Waals surface area contributed by atoms with Gasteiger partial charge in [-0.3, -0.25) is 10.00 Å². The third-order valence-electron chi connectivity index (χ3n) is 5.44. The number of anilines is 1. The molecular weight excluding hydrogens is 340 g/mol. The van der Waals surface area contributed by atoms with Crippen molar-refractivity contribution in [1.29, 1.82) is 0 Å².